The smallest absolute Gasteiger partial charge is 0.424 e. The highest BCUT2D eigenvalue weighted by Crippen LogP contribution is 2.53. The number of benzene rings is 9. The van der Waals surface area contributed by atoms with Crippen molar-refractivity contribution in [2.45, 2.75) is 79.2 Å². The van der Waals surface area contributed by atoms with Crippen LogP contribution in [0.15, 0.2) is 215 Å². The second-order valence-corrected chi connectivity index (χ2v) is 27.0. The van der Waals surface area contributed by atoms with Crippen LogP contribution in [0.25, 0.3) is 44.3 Å². The van der Waals surface area contributed by atoms with Gasteiger partial charge in [0.05, 0.1) is 40.5 Å². The minimum atomic E-state index is -1.22. The van der Waals surface area contributed by atoms with Gasteiger partial charge in [0.15, 0.2) is 0 Å². The van der Waals surface area contributed by atoms with Crippen molar-refractivity contribution >= 4 is 132 Å². The van der Waals surface area contributed by atoms with Crippen molar-refractivity contribution in [1.29, 1.82) is 5.26 Å². The van der Waals surface area contributed by atoms with Crippen molar-refractivity contribution in [2.24, 2.45) is 33.7 Å². The molecule has 3 aliphatic carbocycles. The van der Waals surface area contributed by atoms with E-state index < -0.39 is 35.2 Å². The van der Waals surface area contributed by atoms with E-state index in [4.69, 9.17) is 18.5 Å². The number of imide groups is 3. The molecule has 3 amide bonds. The van der Waals surface area contributed by atoms with Gasteiger partial charge in [0, 0.05) is 62.7 Å². The first-order valence-electron chi connectivity index (χ1n) is 32.7. The Labute approximate surface area is 574 Å². The minimum absolute atomic E-state index is 0.0241. The number of carbonyl (C=O) groups excluding carboxylic acids is 5. The van der Waals surface area contributed by atoms with Crippen LogP contribution in [-0.2, 0) is 30.5 Å². The number of hydrogen-bond donors (Lipinski definition) is 0. The Balaban J connectivity index is 0.659. The fourth-order valence-electron chi connectivity index (χ4n) is 14.7. The summed E-state index contributed by atoms with van der Waals surface area (Å²) in [7, 11) is 0. The SMILES string of the molecule is CC1=C(C#N)C(=O)N(C(=O)OCc2ccccc2)C(=O)C1=Nc1ccc(-c2ccc(N(c3ccc(C)cc3)c3ccc(C)c(C4CCC5CC6C(=Nc7ccc(-c8ccc(N(c9ccc(C)cc9)c9ccc(C)cc9)cc8)c8nsnc78)C(=O)C(=O)C6CC5C4)c3)cc2)c2nsnc12. The third-order valence-electron chi connectivity index (χ3n) is 19.9. The van der Waals surface area contributed by atoms with Crippen LogP contribution in [0, 0.1) is 62.7 Å². The van der Waals surface area contributed by atoms with E-state index >= 15 is 0 Å². The molecule has 0 radical (unpaired) electrons. The fraction of sp³-hybridized carbons (Fsp3) is 0.200. The van der Waals surface area contributed by atoms with Crippen molar-refractivity contribution in [3.63, 3.8) is 0 Å². The van der Waals surface area contributed by atoms with E-state index in [1.165, 1.54) is 29.2 Å². The maximum Gasteiger partial charge on any atom is 0.424 e. The van der Waals surface area contributed by atoms with Crippen molar-refractivity contribution in [1.82, 2.24) is 22.4 Å². The molecular weight excluding hydrogens is 1260 g/mol. The number of nitriles is 1. The third kappa shape index (κ3) is 11.7. The van der Waals surface area contributed by atoms with Crippen LogP contribution in [0.4, 0.5) is 50.3 Å². The lowest BCUT2D eigenvalue weighted by molar-refractivity contribution is -0.136. The summed E-state index contributed by atoms with van der Waals surface area (Å²) in [5.41, 5.74) is 18.9. The molecule has 3 fully saturated rings. The number of carbonyl (C=O) groups is 5. The quantitative estimate of drug-likeness (QED) is 0.0779. The summed E-state index contributed by atoms with van der Waals surface area (Å²) >= 11 is 2.10. The number of aromatic nitrogens is 4. The Kier molecular flexibility index (Phi) is 16.7. The number of ether oxygens (including phenoxy) is 1. The molecule has 16 nitrogen and oxygen atoms in total. The molecule has 4 aliphatic rings. The number of hydrogen-bond acceptors (Lipinski definition) is 17. The van der Waals surface area contributed by atoms with E-state index in [1.807, 2.05) is 42.5 Å². The van der Waals surface area contributed by atoms with Crippen LogP contribution in [-0.4, -0.2) is 63.3 Å². The molecule has 3 saturated carbocycles. The zero-order valence-electron chi connectivity index (χ0n) is 54.3. The second kappa shape index (κ2) is 26.0. The largest absolute Gasteiger partial charge is 0.444 e. The Hall–Kier alpha value is -11.3. The molecule has 1 aliphatic heterocycles. The van der Waals surface area contributed by atoms with Crippen LogP contribution >= 0.6 is 23.5 Å². The lowest BCUT2D eigenvalue weighted by atomic mass is 9.61. The van der Waals surface area contributed by atoms with Crippen LogP contribution in [0.5, 0.6) is 0 Å². The van der Waals surface area contributed by atoms with Crippen LogP contribution in [0.1, 0.15) is 78.3 Å². The Bertz CT molecular complexity index is 5130. The Morgan fingerprint density at radius 3 is 1.57 bits per heavy atom. The van der Waals surface area contributed by atoms with Gasteiger partial charge in [0.2, 0.25) is 11.6 Å². The number of aryl methyl sites for hydroxylation is 4. The van der Waals surface area contributed by atoms with Gasteiger partial charge in [-0.3, -0.25) is 19.2 Å². The summed E-state index contributed by atoms with van der Waals surface area (Å²) in [5.74, 6) is -2.74. The summed E-state index contributed by atoms with van der Waals surface area (Å²) < 4.78 is 24.1. The fourth-order valence-corrected chi connectivity index (χ4v) is 15.8. The maximum absolute atomic E-state index is 14.2. The molecule has 0 spiro atoms. The predicted molar refractivity (Wildman–Crippen MR) is 385 cm³/mol. The molecule has 0 saturated heterocycles. The second-order valence-electron chi connectivity index (χ2n) is 26.0. The first-order chi connectivity index (χ1) is 47.7. The molecule has 482 valence electrons. The van der Waals surface area contributed by atoms with Crippen LogP contribution in [0.3, 0.4) is 0 Å². The zero-order valence-corrected chi connectivity index (χ0v) is 56.0. The van der Waals surface area contributed by atoms with Crippen molar-refractivity contribution in [3.8, 4) is 28.3 Å². The van der Waals surface area contributed by atoms with Gasteiger partial charge in [-0.15, -0.1) is 0 Å². The Morgan fingerprint density at radius 2 is 1.03 bits per heavy atom. The maximum atomic E-state index is 14.2. The average Bonchev–Trinajstić information content (AvgIpc) is 1.68. The van der Waals surface area contributed by atoms with Crippen molar-refractivity contribution in [3.05, 3.63) is 239 Å². The first kappa shape index (κ1) is 62.8. The number of Topliss-reactive ketones (excluding diaryl/α,β-unsaturated/α-hetero) is 2. The normalized spacial score (nSPS) is 19.3. The number of amides is 3. The van der Waals surface area contributed by atoms with Gasteiger partial charge < -0.3 is 14.5 Å². The topological polar surface area (TPSA) is 204 Å². The average molecular weight is 1330 g/mol. The molecule has 0 N–H and O–H groups in total. The monoisotopic (exact) mass is 1320 g/mol. The highest BCUT2D eigenvalue weighted by molar-refractivity contribution is 7.00. The van der Waals surface area contributed by atoms with Crippen LogP contribution < -0.4 is 9.80 Å². The molecular formula is C80H64N10O6S2. The van der Waals surface area contributed by atoms with Gasteiger partial charge in [-0.05, 0) is 209 Å². The van der Waals surface area contributed by atoms with Gasteiger partial charge in [-0.25, -0.2) is 14.8 Å². The van der Waals surface area contributed by atoms with E-state index in [0.29, 0.717) is 56.3 Å². The molecule has 15 rings (SSSR count). The first-order valence-corrected chi connectivity index (χ1v) is 34.2. The molecule has 18 heteroatoms. The number of ketones is 2. The van der Waals surface area contributed by atoms with Gasteiger partial charge in [0.1, 0.15) is 46.0 Å². The molecule has 5 atom stereocenters. The summed E-state index contributed by atoms with van der Waals surface area (Å²) in [6.45, 7) is 9.69. The van der Waals surface area contributed by atoms with Gasteiger partial charge in [-0.2, -0.15) is 27.7 Å². The van der Waals surface area contributed by atoms with Crippen molar-refractivity contribution < 1.29 is 28.7 Å². The minimum Gasteiger partial charge on any atom is -0.444 e. The third-order valence-corrected chi connectivity index (χ3v) is 21.0. The lowest BCUT2D eigenvalue weighted by Crippen LogP contribution is -2.50. The van der Waals surface area contributed by atoms with Gasteiger partial charge in [-0.1, -0.05) is 114 Å². The van der Waals surface area contributed by atoms with Crippen LogP contribution in [0.2, 0.25) is 0 Å². The van der Waals surface area contributed by atoms with E-state index in [9.17, 15) is 29.2 Å². The molecule has 11 aromatic rings. The zero-order chi connectivity index (χ0) is 67.5. The summed E-state index contributed by atoms with van der Waals surface area (Å²) in [6, 6.07) is 67.1. The number of rotatable bonds is 13. The van der Waals surface area contributed by atoms with E-state index in [1.54, 1.807) is 30.3 Å². The number of anilines is 6. The summed E-state index contributed by atoms with van der Waals surface area (Å²) in [4.78, 5) is 83.7. The molecule has 0 bridgehead atoms. The highest BCUT2D eigenvalue weighted by atomic mass is 32.1. The van der Waals surface area contributed by atoms with Gasteiger partial charge >= 0.3 is 6.09 Å². The molecule has 2 aromatic heterocycles. The van der Waals surface area contributed by atoms with Crippen molar-refractivity contribution in [2.75, 3.05) is 9.80 Å². The highest BCUT2D eigenvalue weighted by Gasteiger charge is 2.53. The molecule has 3 heterocycles. The van der Waals surface area contributed by atoms with E-state index in [-0.39, 0.29) is 47.1 Å². The van der Waals surface area contributed by atoms with Gasteiger partial charge in [0.25, 0.3) is 11.8 Å². The molecule has 5 unspecified atom stereocenters. The molecule has 98 heavy (non-hydrogen) atoms. The lowest BCUT2D eigenvalue weighted by Gasteiger charge is -2.43. The number of aliphatic imine (C=N–C) groups is 2. The van der Waals surface area contributed by atoms with E-state index in [2.05, 4.69) is 179 Å². The summed E-state index contributed by atoms with van der Waals surface area (Å²) in [6.07, 6.45) is 3.03. The predicted octanol–water partition coefficient (Wildman–Crippen LogP) is 18.3. The standard InChI is InChI=1S/C80H64N10O6S2/c1-45-11-24-56(25-12-45)88(57-26-13-46(2)14-27-57)59-31-20-51(21-32-59)63-36-38-69(75-72(63)85-98-87-75)83-73-65-40-53-18-19-54(39-55(53)41-66(65)76(91)77(73)92)64-42-61(30-17-48(64)4)89(58-28-15-47(3)16-29-58)60-33-22-52(23-34-60)62-35-37-68(74-71(62)84-97-86-74)82-70-49(5)67(43-81)78(93)90(79(70)94)80(95)96-44-50-9-7-6-8-10-50/h6-17,20-38,42,53-55,65-66H,18-19,39-41,44H2,1-5H3. The number of nitrogens with zero attached hydrogens (tertiary/aromatic N) is 10. The number of fused-ring (bicyclic) bond motifs is 4. The Morgan fingerprint density at radius 1 is 0.541 bits per heavy atom. The molecule has 9 aromatic carbocycles. The van der Waals surface area contributed by atoms with E-state index in [0.717, 1.165) is 111 Å². The summed E-state index contributed by atoms with van der Waals surface area (Å²) in [5, 5.41) is 10.1.